The van der Waals surface area contributed by atoms with Crippen molar-refractivity contribution < 1.29 is 9.53 Å². The molecule has 5 heteroatoms. The Balaban J connectivity index is 2.72. The van der Waals surface area contributed by atoms with Crippen molar-refractivity contribution in [2.75, 3.05) is 6.61 Å². The number of nitriles is 1. The number of rotatable bonds is 4. The van der Waals surface area contributed by atoms with Gasteiger partial charge in [0, 0.05) is 6.20 Å². The van der Waals surface area contributed by atoms with Crippen LogP contribution in [0.3, 0.4) is 0 Å². The zero-order valence-electron chi connectivity index (χ0n) is 7.93. The van der Waals surface area contributed by atoms with E-state index in [2.05, 4.69) is 5.10 Å². The van der Waals surface area contributed by atoms with Gasteiger partial charge >= 0.3 is 5.97 Å². The van der Waals surface area contributed by atoms with Crippen molar-refractivity contribution in [3.63, 3.8) is 0 Å². The lowest BCUT2D eigenvalue weighted by Crippen LogP contribution is -2.13. The van der Waals surface area contributed by atoms with Gasteiger partial charge in [-0.05, 0) is 13.0 Å². The average Bonchev–Trinajstić information content (AvgIpc) is 2.63. The maximum atomic E-state index is 11.3. The summed E-state index contributed by atoms with van der Waals surface area (Å²) in [5.41, 5.74) is 0.391. The fourth-order valence-corrected chi connectivity index (χ4v) is 1.05. The first-order valence-electron chi connectivity index (χ1n) is 4.35. The highest BCUT2D eigenvalue weighted by Gasteiger charge is 2.11. The second-order valence-corrected chi connectivity index (χ2v) is 2.57. The summed E-state index contributed by atoms with van der Waals surface area (Å²) in [6.07, 6.45) is 1.84. The molecule has 0 fully saturated rings. The number of esters is 1. The Kier molecular flexibility index (Phi) is 3.68. The summed E-state index contributed by atoms with van der Waals surface area (Å²) < 4.78 is 6.30. The second kappa shape index (κ2) is 5.02. The quantitative estimate of drug-likeness (QED) is 0.668. The van der Waals surface area contributed by atoms with Crippen LogP contribution in [0.1, 0.15) is 23.8 Å². The third-order valence-electron chi connectivity index (χ3n) is 1.64. The molecule has 0 unspecified atom stereocenters. The molecule has 1 aromatic rings. The van der Waals surface area contributed by atoms with Gasteiger partial charge in [0.2, 0.25) is 0 Å². The van der Waals surface area contributed by atoms with Crippen molar-refractivity contribution in [3.05, 3.63) is 18.0 Å². The maximum absolute atomic E-state index is 11.3. The summed E-state index contributed by atoms with van der Waals surface area (Å²) >= 11 is 0. The molecule has 0 N–H and O–H groups in total. The van der Waals surface area contributed by atoms with E-state index in [1.54, 1.807) is 13.0 Å². The normalized spacial score (nSPS) is 9.43. The highest BCUT2D eigenvalue weighted by molar-refractivity contribution is 5.87. The van der Waals surface area contributed by atoms with Crippen LogP contribution in [-0.4, -0.2) is 22.4 Å². The number of hydrogen-bond donors (Lipinski definition) is 0. The molecular formula is C9H11N3O2. The Bertz CT molecular complexity index is 351. The zero-order chi connectivity index (χ0) is 10.4. The smallest absolute Gasteiger partial charge is 0.356 e. The summed E-state index contributed by atoms with van der Waals surface area (Å²) in [5.74, 6) is -0.400. The first kappa shape index (κ1) is 10.3. The van der Waals surface area contributed by atoms with E-state index in [4.69, 9.17) is 10.00 Å². The van der Waals surface area contributed by atoms with E-state index < -0.39 is 5.97 Å². The van der Waals surface area contributed by atoms with Crippen LogP contribution in [0.5, 0.6) is 0 Å². The molecule has 0 aromatic carbocycles. The van der Waals surface area contributed by atoms with Gasteiger partial charge in [-0.2, -0.15) is 10.4 Å². The fraction of sp³-hybridized carbons (Fsp3) is 0.444. The first-order valence-corrected chi connectivity index (χ1v) is 4.35. The predicted octanol–water partition coefficient (Wildman–Crippen LogP) is 0.973. The van der Waals surface area contributed by atoms with Crippen LogP contribution in [-0.2, 0) is 11.3 Å². The summed E-state index contributed by atoms with van der Waals surface area (Å²) in [6, 6.07) is 3.57. The molecule has 1 aromatic heterocycles. The van der Waals surface area contributed by atoms with Crippen molar-refractivity contribution in [2.24, 2.45) is 0 Å². The number of carbonyl (C=O) groups excluding carboxylic acids is 1. The van der Waals surface area contributed by atoms with E-state index in [0.717, 1.165) is 0 Å². The van der Waals surface area contributed by atoms with Crippen molar-refractivity contribution in [3.8, 4) is 6.07 Å². The minimum Gasteiger partial charge on any atom is -0.461 e. The summed E-state index contributed by atoms with van der Waals surface area (Å²) in [6.45, 7) is 2.49. The molecule has 0 aliphatic rings. The lowest BCUT2D eigenvalue weighted by Gasteiger charge is -2.03. The number of aromatic nitrogens is 2. The molecule has 74 valence electrons. The lowest BCUT2D eigenvalue weighted by molar-refractivity contribution is 0.0512. The van der Waals surface area contributed by atoms with Gasteiger partial charge in [0.05, 0.1) is 25.6 Å². The second-order valence-electron chi connectivity index (χ2n) is 2.57. The van der Waals surface area contributed by atoms with Crippen LogP contribution < -0.4 is 0 Å². The Morgan fingerprint density at radius 3 is 3.21 bits per heavy atom. The number of ether oxygens (including phenoxy) is 1. The molecule has 14 heavy (non-hydrogen) atoms. The summed E-state index contributed by atoms with van der Waals surface area (Å²) in [5, 5.41) is 12.3. The predicted molar refractivity (Wildman–Crippen MR) is 48.4 cm³/mol. The van der Waals surface area contributed by atoms with E-state index in [9.17, 15) is 4.79 Å². The van der Waals surface area contributed by atoms with E-state index in [0.29, 0.717) is 25.3 Å². The Morgan fingerprint density at radius 1 is 1.79 bits per heavy atom. The Morgan fingerprint density at radius 2 is 2.57 bits per heavy atom. The van der Waals surface area contributed by atoms with Gasteiger partial charge in [0.15, 0.2) is 0 Å². The van der Waals surface area contributed by atoms with Crippen LogP contribution in [0.2, 0.25) is 0 Å². The van der Waals surface area contributed by atoms with Gasteiger partial charge in [-0.25, -0.2) is 4.79 Å². The van der Waals surface area contributed by atoms with Gasteiger partial charge in [0.25, 0.3) is 0 Å². The third kappa shape index (κ3) is 2.33. The molecule has 5 nitrogen and oxygen atoms in total. The topological polar surface area (TPSA) is 67.9 Å². The summed E-state index contributed by atoms with van der Waals surface area (Å²) in [7, 11) is 0. The van der Waals surface area contributed by atoms with Crippen molar-refractivity contribution in [2.45, 2.75) is 19.9 Å². The van der Waals surface area contributed by atoms with Gasteiger partial charge < -0.3 is 4.74 Å². The van der Waals surface area contributed by atoms with Gasteiger partial charge in [0.1, 0.15) is 5.69 Å². The molecule has 0 amide bonds. The lowest BCUT2D eigenvalue weighted by atomic mass is 10.4. The number of aryl methyl sites for hydroxylation is 1. The molecule has 0 aliphatic carbocycles. The van der Waals surface area contributed by atoms with E-state index >= 15 is 0 Å². The SMILES string of the molecule is CCOC(=O)c1ccnn1CCC#N. The number of hydrogen-bond acceptors (Lipinski definition) is 4. The van der Waals surface area contributed by atoms with Crippen molar-refractivity contribution >= 4 is 5.97 Å². The van der Waals surface area contributed by atoms with E-state index in [1.807, 2.05) is 6.07 Å². The molecule has 0 atom stereocenters. The van der Waals surface area contributed by atoms with Crippen LogP contribution >= 0.6 is 0 Å². The fourth-order valence-electron chi connectivity index (χ4n) is 1.05. The highest BCUT2D eigenvalue weighted by atomic mass is 16.5. The number of nitrogens with zero attached hydrogens (tertiary/aromatic N) is 3. The molecular weight excluding hydrogens is 182 g/mol. The maximum Gasteiger partial charge on any atom is 0.356 e. The van der Waals surface area contributed by atoms with Gasteiger partial charge in [-0.15, -0.1) is 0 Å². The van der Waals surface area contributed by atoms with Crippen LogP contribution in [0.15, 0.2) is 12.3 Å². The van der Waals surface area contributed by atoms with Crippen LogP contribution in [0, 0.1) is 11.3 Å². The first-order chi connectivity index (χ1) is 6.79. The van der Waals surface area contributed by atoms with E-state index in [-0.39, 0.29) is 0 Å². The minimum atomic E-state index is -0.400. The van der Waals surface area contributed by atoms with Gasteiger partial charge in [-0.1, -0.05) is 0 Å². The molecule has 0 bridgehead atoms. The standard InChI is InChI=1S/C9H11N3O2/c1-2-14-9(13)8-4-6-11-12(8)7-3-5-10/h4,6H,2-3,7H2,1H3. The van der Waals surface area contributed by atoms with Gasteiger partial charge in [-0.3, -0.25) is 4.68 Å². The Hall–Kier alpha value is -1.83. The summed E-state index contributed by atoms with van der Waals surface area (Å²) in [4.78, 5) is 11.3. The van der Waals surface area contributed by atoms with Crippen LogP contribution in [0.25, 0.3) is 0 Å². The third-order valence-corrected chi connectivity index (χ3v) is 1.64. The monoisotopic (exact) mass is 193 g/mol. The van der Waals surface area contributed by atoms with Crippen molar-refractivity contribution in [1.29, 1.82) is 5.26 Å². The zero-order valence-corrected chi connectivity index (χ0v) is 7.93. The minimum absolute atomic E-state index is 0.327. The molecule has 1 rings (SSSR count). The van der Waals surface area contributed by atoms with E-state index in [1.165, 1.54) is 10.9 Å². The average molecular weight is 193 g/mol. The van der Waals surface area contributed by atoms with Crippen LogP contribution in [0.4, 0.5) is 0 Å². The molecule has 0 spiro atoms. The largest absolute Gasteiger partial charge is 0.461 e. The molecule has 0 saturated heterocycles. The molecule has 1 heterocycles. The Labute approximate surface area is 81.9 Å². The molecule has 0 saturated carbocycles. The highest BCUT2D eigenvalue weighted by Crippen LogP contribution is 2.02. The number of carbonyl (C=O) groups is 1. The van der Waals surface area contributed by atoms with Crippen molar-refractivity contribution in [1.82, 2.24) is 9.78 Å². The molecule has 0 aliphatic heterocycles. The molecule has 0 radical (unpaired) electrons.